The molecule has 0 N–H and O–H groups in total. The summed E-state index contributed by atoms with van der Waals surface area (Å²) in [7, 11) is 1.58. The van der Waals surface area contributed by atoms with Crippen LogP contribution in [0, 0.1) is 6.92 Å². The number of hydrogen-bond acceptors (Lipinski definition) is 5. The Hall–Kier alpha value is -1.20. The molecular formula is C11H12ClN3OS. The second-order valence-corrected chi connectivity index (χ2v) is 5.30. The van der Waals surface area contributed by atoms with Crippen LogP contribution in [0.2, 0.25) is 0 Å². The summed E-state index contributed by atoms with van der Waals surface area (Å²) in [5, 5.41) is 0.909. The molecule has 2 aromatic rings. The van der Waals surface area contributed by atoms with Gasteiger partial charge in [0.2, 0.25) is 5.88 Å². The molecule has 2 aromatic heterocycles. The summed E-state index contributed by atoms with van der Waals surface area (Å²) in [6.07, 6.45) is 3.94. The van der Waals surface area contributed by atoms with Crippen molar-refractivity contribution in [1.82, 2.24) is 15.0 Å². The summed E-state index contributed by atoms with van der Waals surface area (Å²) in [5.74, 6) is 0.555. The summed E-state index contributed by atoms with van der Waals surface area (Å²) in [6.45, 7) is 1.96. The average Bonchev–Trinajstić information content (AvgIpc) is 2.76. The fraction of sp³-hybridized carbons (Fsp3) is 0.364. The number of aryl methyl sites for hydroxylation is 1. The van der Waals surface area contributed by atoms with Gasteiger partial charge < -0.3 is 4.74 Å². The zero-order valence-corrected chi connectivity index (χ0v) is 11.1. The van der Waals surface area contributed by atoms with Crippen molar-refractivity contribution in [3.8, 4) is 5.88 Å². The van der Waals surface area contributed by atoms with E-state index in [-0.39, 0.29) is 5.38 Å². The molecule has 1 atom stereocenters. The van der Waals surface area contributed by atoms with Crippen molar-refractivity contribution in [1.29, 1.82) is 0 Å². The van der Waals surface area contributed by atoms with Gasteiger partial charge in [-0.05, 0) is 6.92 Å². The molecule has 17 heavy (non-hydrogen) atoms. The first-order valence-electron chi connectivity index (χ1n) is 5.10. The quantitative estimate of drug-likeness (QED) is 0.801. The Morgan fingerprint density at radius 3 is 2.88 bits per heavy atom. The lowest BCUT2D eigenvalue weighted by molar-refractivity contribution is 0.396. The first-order valence-corrected chi connectivity index (χ1v) is 6.35. The molecule has 0 fully saturated rings. The third-order valence-electron chi connectivity index (χ3n) is 2.24. The molecule has 0 aliphatic carbocycles. The molecule has 0 aliphatic rings. The lowest BCUT2D eigenvalue weighted by Gasteiger charge is -2.06. The standard InChI is InChI=1S/C11H12ClN3OS/c1-7-13-5-10(17-7)9(12)3-8-4-11(16-2)15-6-14-8/h4-6,9H,3H2,1-2H3. The van der Waals surface area contributed by atoms with E-state index in [1.54, 1.807) is 24.5 Å². The SMILES string of the molecule is COc1cc(CC(Cl)c2cnc(C)s2)ncn1. The molecule has 0 bridgehead atoms. The van der Waals surface area contributed by atoms with Crippen LogP contribution in [0.4, 0.5) is 0 Å². The van der Waals surface area contributed by atoms with E-state index in [2.05, 4.69) is 15.0 Å². The molecule has 0 radical (unpaired) electrons. The van der Waals surface area contributed by atoms with Crippen molar-refractivity contribution < 1.29 is 4.74 Å². The molecule has 0 aromatic carbocycles. The van der Waals surface area contributed by atoms with Gasteiger partial charge in [-0.15, -0.1) is 22.9 Å². The highest BCUT2D eigenvalue weighted by atomic mass is 35.5. The van der Waals surface area contributed by atoms with Gasteiger partial charge in [0.25, 0.3) is 0 Å². The van der Waals surface area contributed by atoms with Gasteiger partial charge in [0.1, 0.15) is 6.33 Å². The highest BCUT2D eigenvalue weighted by molar-refractivity contribution is 7.11. The largest absolute Gasteiger partial charge is 0.481 e. The minimum Gasteiger partial charge on any atom is -0.481 e. The van der Waals surface area contributed by atoms with E-state index >= 15 is 0 Å². The molecular weight excluding hydrogens is 258 g/mol. The van der Waals surface area contributed by atoms with Crippen LogP contribution in [0.15, 0.2) is 18.6 Å². The van der Waals surface area contributed by atoms with Crippen LogP contribution >= 0.6 is 22.9 Å². The van der Waals surface area contributed by atoms with Crippen LogP contribution in [0.1, 0.15) is 21.0 Å². The Balaban J connectivity index is 2.09. The van der Waals surface area contributed by atoms with Gasteiger partial charge in [0, 0.05) is 29.3 Å². The molecule has 0 saturated carbocycles. The van der Waals surface area contributed by atoms with Gasteiger partial charge >= 0.3 is 0 Å². The third kappa shape index (κ3) is 3.14. The predicted octanol–water partition coefficient (Wildman–Crippen LogP) is 2.77. The first-order chi connectivity index (χ1) is 8.19. The van der Waals surface area contributed by atoms with Crippen molar-refractivity contribution in [2.24, 2.45) is 0 Å². The van der Waals surface area contributed by atoms with Gasteiger partial charge in [-0.3, -0.25) is 0 Å². The highest BCUT2D eigenvalue weighted by Gasteiger charge is 2.13. The number of hydrogen-bond donors (Lipinski definition) is 0. The number of alkyl halides is 1. The Kier molecular flexibility index (Phi) is 3.91. The number of rotatable bonds is 4. The molecule has 4 nitrogen and oxygen atoms in total. The van der Waals surface area contributed by atoms with E-state index in [0.29, 0.717) is 12.3 Å². The molecule has 2 heterocycles. The maximum absolute atomic E-state index is 6.32. The predicted molar refractivity (Wildman–Crippen MR) is 67.7 cm³/mol. The summed E-state index contributed by atoms with van der Waals surface area (Å²) in [5.41, 5.74) is 0.864. The summed E-state index contributed by atoms with van der Waals surface area (Å²) >= 11 is 7.93. The summed E-state index contributed by atoms with van der Waals surface area (Å²) in [4.78, 5) is 13.4. The summed E-state index contributed by atoms with van der Waals surface area (Å²) in [6, 6.07) is 1.79. The van der Waals surface area contributed by atoms with Gasteiger partial charge in [0.15, 0.2) is 0 Å². The van der Waals surface area contributed by atoms with Crippen LogP contribution in [0.25, 0.3) is 0 Å². The smallest absolute Gasteiger partial charge is 0.216 e. The van der Waals surface area contributed by atoms with Crippen molar-refractivity contribution in [3.63, 3.8) is 0 Å². The lowest BCUT2D eigenvalue weighted by atomic mass is 10.2. The third-order valence-corrected chi connectivity index (χ3v) is 3.79. The lowest BCUT2D eigenvalue weighted by Crippen LogP contribution is -1.98. The number of nitrogens with zero attached hydrogens (tertiary/aromatic N) is 3. The topological polar surface area (TPSA) is 47.9 Å². The van der Waals surface area contributed by atoms with Crippen LogP contribution in [-0.4, -0.2) is 22.1 Å². The monoisotopic (exact) mass is 269 g/mol. The normalized spacial score (nSPS) is 12.4. The van der Waals surface area contributed by atoms with Gasteiger partial charge in [-0.2, -0.15) is 0 Å². The average molecular weight is 270 g/mol. The number of aromatic nitrogens is 3. The Labute approximate surface area is 109 Å². The minimum absolute atomic E-state index is 0.110. The molecule has 0 saturated heterocycles. The van der Waals surface area contributed by atoms with Crippen molar-refractivity contribution in [2.75, 3.05) is 7.11 Å². The summed E-state index contributed by atoms with van der Waals surface area (Å²) < 4.78 is 5.04. The van der Waals surface area contributed by atoms with Crippen LogP contribution in [-0.2, 0) is 6.42 Å². The van der Waals surface area contributed by atoms with E-state index in [1.165, 1.54) is 6.33 Å². The van der Waals surface area contributed by atoms with Gasteiger partial charge in [-0.25, -0.2) is 15.0 Å². The van der Waals surface area contributed by atoms with Crippen molar-refractivity contribution in [3.05, 3.63) is 34.2 Å². The van der Waals surface area contributed by atoms with Crippen LogP contribution in [0.3, 0.4) is 0 Å². The molecule has 1 unspecified atom stereocenters. The van der Waals surface area contributed by atoms with E-state index in [0.717, 1.165) is 15.6 Å². The van der Waals surface area contributed by atoms with Crippen molar-refractivity contribution >= 4 is 22.9 Å². The molecule has 0 aliphatic heterocycles. The first kappa shape index (κ1) is 12.3. The van der Waals surface area contributed by atoms with Crippen molar-refractivity contribution in [2.45, 2.75) is 18.7 Å². The second kappa shape index (κ2) is 5.42. The van der Waals surface area contributed by atoms with E-state index in [9.17, 15) is 0 Å². The van der Waals surface area contributed by atoms with Crippen LogP contribution < -0.4 is 4.74 Å². The Morgan fingerprint density at radius 1 is 1.41 bits per heavy atom. The number of ether oxygens (including phenoxy) is 1. The van der Waals surface area contributed by atoms with E-state index in [1.807, 2.05) is 13.1 Å². The minimum atomic E-state index is -0.110. The zero-order valence-electron chi connectivity index (χ0n) is 9.55. The Bertz CT molecular complexity index is 503. The number of halogens is 1. The van der Waals surface area contributed by atoms with E-state index < -0.39 is 0 Å². The Morgan fingerprint density at radius 2 is 2.24 bits per heavy atom. The molecule has 90 valence electrons. The fourth-order valence-electron chi connectivity index (χ4n) is 1.41. The van der Waals surface area contributed by atoms with E-state index in [4.69, 9.17) is 16.3 Å². The molecule has 6 heteroatoms. The fourth-order valence-corrected chi connectivity index (χ4v) is 2.52. The number of methoxy groups -OCH3 is 1. The highest BCUT2D eigenvalue weighted by Crippen LogP contribution is 2.29. The maximum atomic E-state index is 6.32. The van der Waals surface area contributed by atoms with Gasteiger partial charge in [-0.1, -0.05) is 0 Å². The maximum Gasteiger partial charge on any atom is 0.216 e. The van der Waals surface area contributed by atoms with Crippen LogP contribution in [0.5, 0.6) is 5.88 Å². The zero-order chi connectivity index (χ0) is 12.3. The molecule has 0 spiro atoms. The molecule has 2 rings (SSSR count). The number of thiazole rings is 1. The second-order valence-electron chi connectivity index (χ2n) is 3.51. The van der Waals surface area contributed by atoms with Gasteiger partial charge in [0.05, 0.1) is 17.5 Å². The molecule has 0 amide bonds.